The Morgan fingerprint density at radius 3 is 2.31 bits per heavy atom. The van der Waals surface area contributed by atoms with Gasteiger partial charge in [-0.15, -0.1) is 0 Å². The molecule has 1 atom stereocenters. The van der Waals surface area contributed by atoms with Crippen molar-refractivity contribution in [1.29, 1.82) is 0 Å². The summed E-state index contributed by atoms with van der Waals surface area (Å²) in [6.45, 7) is 2.86. The molecule has 0 bridgehead atoms. The molecule has 98 valence electrons. The minimum atomic E-state index is -4.05. The van der Waals surface area contributed by atoms with E-state index in [9.17, 15) is 13.2 Å². The van der Waals surface area contributed by atoms with Gasteiger partial charge in [0.15, 0.2) is 0 Å². The van der Waals surface area contributed by atoms with Crippen LogP contribution in [-0.2, 0) is 4.74 Å². The number of rotatable bonds is 9. The topological polar surface area (TPSA) is 21.3 Å². The Morgan fingerprint density at radius 1 is 1.19 bits per heavy atom. The van der Waals surface area contributed by atoms with Crippen molar-refractivity contribution in [3.05, 3.63) is 0 Å². The second-order valence-corrected chi connectivity index (χ2v) is 3.87. The van der Waals surface area contributed by atoms with Gasteiger partial charge in [-0.2, -0.15) is 13.2 Å². The zero-order chi connectivity index (χ0) is 12.4. The fraction of sp³-hybridized carbons (Fsp3) is 1.00. The van der Waals surface area contributed by atoms with Gasteiger partial charge in [0.25, 0.3) is 0 Å². The summed E-state index contributed by atoms with van der Waals surface area (Å²) >= 11 is 0. The second-order valence-electron chi connectivity index (χ2n) is 3.87. The van der Waals surface area contributed by atoms with E-state index < -0.39 is 12.6 Å². The van der Waals surface area contributed by atoms with Crippen LogP contribution in [-0.4, -0.2) is 32.5 Å². The third-order valence-electron chi connectivity index (χ3n) is 2.49. The number of nitrogens with one attached hydrogen (secondary N) is 1. The van der Waals surface area contributed by atoms with Crippen LogP contribution < -0.4 is 5.32 Å². The fourth-order valence-electron chi connectivity index (χ4n) is 1.46. The highest BCUT2D eigenvalue weighted by atomic mass is 19.4. The quantitative estimate of drug-likeness (QED) is 0.626. The third-order valence-corrected chi connectivity index (χ3v) is 2.49. The summed E-state index contributed by atoms with van der Waals surface area (Å²) in [5, 5.41) is 3.17. The largest absolute Gasteiger partial charge is 0.389 e. The Labute approximate surface area is 95.5 Å². The molecule has 0 amide bonds. The first-order chi connectivity index (χ1) is 7.49. The lowest BCUT2D eigenvalue weighted by atomic mass is 10.1. The number of ether oxygens (including phenoxy) is 1. The number of alkyl halides is 3. The minimum absolute atomic E-state index is 0.0622. The molecule has 0 heterocycles. The molecule has 1 unspecified atom stereocenters. The lowest BCUT2D eigenvalue weighted by molar-refractivity contribution is -0.137. The zero-order valence-electron chi connectivity index (χ0n) is 10.1. The Morgan fingerprint density at radius 2 is 1.81 bits per heavy atom. The molecule has 0 aliphatic carbocycles. The van der Waals surface area contributed by atoms with Crippen LogP contribution in [0.25, 0.3) is 0 Å². The second kappa shape index (κ2) is 8.82. The molecule has 0 aliphatic heterocycles. The maximum absolute atomic E-state index is 11.8. The third kappa shape index (κ3) is 10.2. The first kappa shape index (κ1) is 15.7. The van der Waals surface area contributed by atoms with Gasteiger partial charge < -0.3 is 10.1 Å². The summed E-state index contributed by atoms with van der Waals surface area (Å²) in [6.07, 6.45) is -1.78. The maximum Gasteiger partial charge on any atom is 0.389 e. The Bertz CT molecular complexity index is 158. The van der Waals surface area contributed by atoms with Crippen LogP contribution in [0, 0.1) is 0 Å². The maximum atomic E-state index is 11.8. The summed E-state index contributed by atoms with van der Waals surface area (Å²) in [6, 6.07) is 0.485. The van der Waals surface area contributed by atoms with Crippen molar-refractivity contribution in [1.82, 2.24) is 5.32 Å². The normalized spacial score (nSPS) is 14.1. The molecule has 16 heavy (non-hydrogen) atoms. The smallest absolute Gasteiger partial charge is 0.381 e. The Hall–Kier alpha value is -0.290. The molecule has 0 saturated carbocycles. The van der Waals surface area contributed by atoms with Crippen molar-refractivity contribution in [2.24, 2.45) is 0 Å². The van der Waals surface area contributed by atoms with E-state index >= 15 is 0 Å². The van der Waals surface area contributed by atoms with E-state index in [0.717, 1.165) is 19.3 Å². The van der Waals surface area contributed by atoms with Gasteiger partial charge in [-0.1, -0.05) is 6.92 Å². The van der Waals surface area contributed by atoms with Crippen molar-refractivity contribution in [3.63, 3.8) is 0 Å². The van der Waals surface area contributed by atoms with Crippen molar-refractivity contribution < 1.29 is 17.9 Å². The summed E-state index contributed by atoms with van der Waals surface area (Å²) in [5.74, 6) is 0. The SMILES string of the molecule is CCC(CCCOCCCC(F)(F)F)NC. The minimum Gasteiger partial charge on any atom is -0.381 e. The van der Waals surface area contributed by atoms with Crippen LogP contribution in [0.4, 0.5) is 13.2 Å². The molecule has 1 N–H and O–H groups in total. The molecule has 0 aliphatic rings. The van der Waals surface area contributed by atoms with Crippen LogP contribution in [0.15, 0.2) is 0 Å². The summed E-state index contributed by atoms with van der Waals surface area (Å²) < 4.78 is 40.4. The molecule has 0 fully saturated rings. The van der Waals surface area contributed by atoms with E-state index in [1.165, 1.54) is 0 Å². The molecule has 0 spiro atoms. The average molecular weight is 241 g/mol. The molecule has 0 saturated heterocycles. The van der Waals surface area contributed by atoms with E-state index in [1.54, 1.807) is 0 Å². The molecule has 0 rings (SSSR count). The fourth-order valence-corrected chi connectivity index (χ4v) is 1.46. The summed E-state index contributed by atoms with van der Waals surface area (Å²) in [4.78, 5) is 0. The van der Waals surface area contributed by atoms with Gasteiger partial charge in [0.05, 0.1) is 0 Å². The number of hydrogen-bond donors (Lipinski definition) is 1. The van der Waals surface area contributed by atoms with E-state index in [4.69, 9.17) is 4.74 Å². The molecular weight excluding hydrogens is 219 g/mol. The van der Waals surface area contributed by atoms with Crippen LogP contribution in [0.5, 0.6) is 0 Å². The first-order valence-corrected chi connectivity index (χ1v) is 5.81. The van der Waals surface area contributed by atoms with Gasteiger partial charge >= 0.3 is 6.18 Å². The van der Waals surface area contributed by atoms with Crippen molar-refractivity contribution >= 4 is 0 Å². The van der Waals surface area contributed by atoms with E-state index in [0.29, 0.717) is 12.6 Å². The highest BCUT2D eigenvalue weighted by Crippen LogP contribution is 2.20. The van der Waals surface area contributed by atoms with E-state index in [2.05, 4.69) is 12.2 Å². The highest BCUT2D eigenvalue weighted by Gasteiger charge is 2.25. The predicted molar refractivity (Wildman–Crippen MR) is 58.5 cm³/mol. The average Bonchev–Trinajstić information content (AvgIpc) is 2.21. The standard InChI is InChI=1S/C11H22F3NO/c1-3-10(15-2)6-4-8-16-9-5-7-11(12,13)14/h10,15H,3-9H2,1-2H3. The van der Waals surface area contributed by atoms with Gasteiger partial charge in [-0.3, -0.25) is 0 Å². The zero-order valence-corrected chi connectivity index (χ0v) is 10.1. The van der Waals surface area contributed by atoms with Gasteiger partial charge in [-0.25, -0.2) is 0 Å². The molecule has 0 aromatic carbocycles. The van der Waals surface area contributed by atoms with Crippen LogP contribution >= 0.6 is 0 Å². The lowest BCUT2D eigenvalue weighted by Gasteiger charge is -2.13. The van der Waals surface area contributed by atoms with Crippen molar-refractivity contribution in [3.8, 4) is 0 Å². The molecule has 0 aromatic heterocycles. The number of halogens is 3. The van der Waals surface area contributed by atoms with Crippen LogP contribution in [0.1, 0.15) is 39.0 Å². The van der Waals surface area contributed by atoms with Crippen molar-refractivity contribution in [2.45, 2.75) is 51.2 Å². The van der Waals surface area contributed by atoms with Gasteiger partial charge in [0.2, 0.25) is 0 Å². The Kier molecular flexibility index (Phi) is 8.66. The van der Waals surface area contributed by atoms with Gasteiger partial charge in [-0.05, 0) is 32.7 Å². The monoisotopic (exact) mass is 241 g/mol. The molecule has 2 nitrogen and oxygen atoms in total. The Balaban J connectivity index is 3.21. The molecular formula is C11H22F3NO. The first-order valence-electron chi connectivity index (χ1n) is 5.81. The number of hydrogen-bond acceptors (Lipinski definition) is 2. The van der Waals surface area contributed by atoms with Crippen LogP contribution in [0.3, 0.4) is 0 Å². The highest BCUT2D eigenvalue weighted by molar-refractivity contribution is 4.61. The summed E-state index contributed by atoms with van der Waals surface area (Å²) in [5.41, 5.74) is 0. The molecule has 5 heteroatoms. The lowest BCUT2D eigenvalue weighted by Crippen LogP contribution is -2.24. The van der Waals surface area contributed by atoms with E-state index in [-0.39, 0.29) is 13.0 Å². The van der Waals surface area contributed by atoms with Crippen molar-refractivity contribution in [2.75, 3.05) is 20.3 Å². The van der Waals surface area contributed by atoms with Crippen LogP contribution in [0.2, 0.25) is 0 Å². The summed E-state index contributed by atoms with van der Waals surface area (Å²) in [7, 11) is 1.92. The molecule has 0 aromatic rings. The van der Waals surface area contributed by atoms with Gasteiger partial charge in [0.1, 0.15) is 0 Å². The predicted octanol–water partition coefficient (Wildman–Crippen LogP) is 3.12. The van der Waals surface area contributed by atoms with E-state index in [1.807, 2.05) is 7.05 Å². The van der Waals surface area contributed by atoms with Gasteiger partial charge in [0, 0.05) is 25.7 Å². The molecule has 0 radical (unpaired) electrons.